The summed E-state index contributed by atoms with van der Waals surface area (Å²) in [5.41, 5.74) is 7.16. The number of anilines is 1. The molecule has 2 rings (SSSR count). The van der Waals surface area contributed by atoms with Crippen LogP contribution in [0.5, 0.6) is 0 Å². The number of likely N-dealkylation sites (tertiary alicyclic amines) is 1. The van der Waals surface area contributed by atoms with E-state index in [-0.39, 0.29) is 0 Å². The molecule has 94 valence electrons. The van der Waals surface area contributed by atoms with E-state index < -0.39 is 5.60 Å². The van der Waals surface area contributed by atoms with E-state index in [1.807, 2.05) is 25.1 Å². The van der Waals surface area contributed by atoms with E-state index in [0.717, 1.165) is 48.7 Å². The molecule has 3 N–H and O–H groups in total. The second-order valence-corrected chi connectivity index (χ2v) is 5.49. The van der Waals surface area contributed by atoms with Crippen molar-refractivity contribution in [1.82, 2.24) is 4.90 Å². The molecule has 17 heavy (non-hydrogen) atoms. The molecule has 1 aromatic carbocycles. The van der Waals surface area contributed by atoms with Crippen molar-refractivity contribution in [3.63, 3.8) is 0 Å². The summed E-state index contributed by atoms with van der Waals surface area (Å²) in [4.78, 5) is 2.29. The second kappa shape index (κ2) is 4.84. The Morgan fingerprint density at radius 3 is 2.65 bits per heavy atom. The van der Waals surface area contributed by atoms with Crippen LogP contribution in [0, 0.1) is 0 Å². The molecule has 0 atom stereocenters. The van der Waals surface area contributed by atoms with Crippen LogP contribution in [0.15, 0.2) is 18.2 Å². The molecule has 1 aliphatic rings. The van der Waals surface area contributed by atoms with Crippen LogP contribution < -0.4 is 5.73 Å². The third kappa shape index (κ3) is 3.12. The summed E-state index contributed by atoms with van der Waals surface area (Å²) < 4.78 is 0. The lowest BCUT2D eigenvalue weighted by Gasteiger charge is -2.36. The number of nitrogens with two attached hydrogens (primary N) is 1. The number of piperidine rings is 1. The lowest BCUT2D eigenvalue weighted by molar-refractivity contribution is -0.00723. The highest BCUT2D eigenvalue weighted by atomic mass is 35.5. The van der Waals surface area contributed by atoms with Crippen molar-refractivity contribution in [2.45, 2.75) is 31.9 Å². The molecule has 0 aromatic heterocycles. The van der Waals surface area contributed by atoms with Gasteiger partial charge in [-0.15, -0.1) is 0 Å². The summed E-state index contributed by atoms with van der Waals surface area (Å²) in [6.45, 7) is 4.44. The van der Waals surface area contributed by atoms with E-state index >= 15 is 0 Å². The zero-order valence-electron chi connectivity index (χ0n) is 10.1. The van der Waals surface area contributed by atoms with Crippen LogP contribution in [-0.2, 0) is 6.54 Å². The number of nitrogens with zero attached hydrogens (tertiary/aromatic N) is 1. The Balaban J connectivity index is 2.03. The highest BCUT2D eigenvalue weighted by molar-refractivity contribution is 6.31. The minimum atomic E-state index is -0.511. The number of hydrogen-bond donors (Lipinski definition) is 2. The second-order valence-electron chi connectivity index (χ2n) is 5.08. The predicted octanol–water partition coefficient (Wildman–Crippen LogP) is 2.27. The van der Waals surface area contributed by atoms with Crippen LogP contribution >= 0.6 is 11.6 Å². The van der Waals surface area contributed by atoms with Crippen molar-refractivity contribution in [3.8, 4) is 0 Å². The third-order valence-electron chi connectivity index (χ3n) is 3.47. The number of benzene rings is 1. The quantitative estimate of drug-likeness (QED) is 0.796. The zero-order valence-corrected chi connectivity index (χ0v) is 10.9. The van der Waals surface area contributed by atoms with Crippen LogP contribution in [0.3, 0.4) is 0 Å². The van der Waals surface area contributed by atoms with Gasteiger partial charge in [-0.2, -0.15) is 0 Å². The lowest BCUT2D eigenvalue weighted by atomic mass is 9.93. The summed E-state index contributed by atoms with van der Waals surface area (Å²) in [7, 11) is 0. The van der Waals surface area contributed by atoms with Gasteiger partial charge < -0.3 is 10.8 Å². The normalized spacial score (nSPS) is 20.4. The number of nitrogen functional groups attached to an aromatic ring is 1. The molecule has 1 aliphatic heterocycles. The van der Waals surface area contributed by atoms with Gasteiger partial charge in [0.15, 0.2) is 0 Å². The van der Waals surface area contributed by atoms with E-state index in [2.05, 4.69) is 4.90 Å². The Morgan fingerprint density at radius 1 is 1.41 bits per heavy atom. The summed E-state index contributed by atoms with van der Waals surface area (Å²) >= 11 is 6.15. The van der Waals surface area contributed by atoms with E-state index in [0.29, 0.717) is 0 Å². The molecule has 0 bridgehead atoms. The zero-order chi connectivity index (χ0) is 12.5. The van der Waals surface area contributed by atoms with Gasteiger partial charge in [0.25, 0.3) is 0 Å². The molecule has 0 aliphatic carbocycles. The summed E-state index contributed by atoms with van der Waals surface area (Å²) in [5.74, 6) is 0. The fourth-order valence-corrected chi connectivity index (χ4v) is 2.40. The highest BCUT2D eigenvalue weighted by Crippen LogP contribution is 2.27. The summed E-state index contributed by atoms with van der Waals surface area (Å²) in [6.07, 6.45) is 1.61. The average Bonchev–Trinajstić information content (AvgIpc) is 2.26. The topological polar surface area (TPSA) is 49.5 Å². The van der Waals surface area contributed by atoms with Crippen molar-refractivity contribution in [3.05, 3.63) is 28.8 Å². The fraction of sp³-hybridized carbons (Fsp3) is 0.538. The first-order valence-electron chi connectivity index (χ1n) is 5.95. The van der Waals surface area contributed by atoms with E-state index in [9.17, 15) is 5.11 Å². The smallest absolute Gasteiger partial charge is 0.0644 e. The standard InChI is InChI=1S/C13H19ClN2O/c1-13(17)5-7-16(8-6-13)9-10-11(14)3-2-4-12(10)15/h2-4,17H,5-9,15H2,1H3. The van der Waals surface area contributed by atoms with Gasteiger partial charge >= 0.3 is 0 Å². The van der Waals surface area contributed by atoms with Crippen molar-refractivity contribution >= 4 is 17.3 Å². The van der Waals surface area contributed by atoms with Gasteiger partial charge in [0.05, 0.1) is 5.60 Å². The van der Waals surface area contributed by atoms with Crippen LogP contribution in [0.25, 0.3) is 0 Å². The van der Waals surface area contributed by atoms with Crippen LogP contribution in [0.2, 0.25) is 5.02 Å². The van der Waals surface area contributed by atoms with E-state index in [4.69, 9.17) is 17.3 Å². The molecule has 0 spiro atoms. The molecule has 0 saturated carbocycles. The molecule has 1 saturated heterocycles. The SMILES string of the molecule is CC1(O)CCN(Cc2c(N)cccc2Cl)CC1. The third-order valence-corrected chi connectivity index (χ3v) is 3.82. The Labute approximate surface area is 107 Å². The minimum Gasteiger partial charge on any atom is -0.398 e. The Hall–Kier alpha value is -0.770. The van der Waals surface area contributed by atoms with Crippen molar-refractivity contribution in [1.29, 1.82) is 0 Å². The molecule has 1 aromatic rings. The van der Waals surface area contributed by atoms with Crippen LogP contribution in [-0.4, -0.2) is 28.7 Å². The first-order chi connectivity index (χ1) is 7.98. The maximum atomic E-state index is 9.89. The largest absolute Gasteiger partial charge is 0.398 e. The fourth-order valence-electron chi connectivity index (χ4n) is 2.16. The van der Waals surface area contributed by atoms with Gasteiger partial charge in [-0.1, -0.05) is 17.7 Å². The average molecular weight is 255 g/mol. The van der Waals surface area contributed by atoms with E-state index in [1.54, 1.807) is 0 Å². The summed E-state index contributed by atoms with van der Waals surface area (Å²) in [5, 5.41) is 10.6. The molecule has 0 radical (unpaired) electrons. The van der Waals surface area contributed by atoms with Gasteiger partial charge in [-0.25, -0.2) is 0 Å². The van der Waals surface area contributed by atoms with Crippen molar-refractivity contribution < 1.29 is 5.11 Å². The van der Waals surface area contributed by atoms with Gasteiger partial charge in [-0.3, -0.25) is 4.90 Å². The monoisotopic (exact) mass is 254 g/mol. The predicted molar refractivity (Wildman–Crippen MR) is 71.0 cm³/mol. The highest BCUT2D eigenvalue weighted by Gasteiger charge is 2.27. The first-order valence-corrected chi connectivity index (χ1v) is 6.33. The Bertz CT molecular complexity index is 376. The molecule has 1 fully saturated rings. The maximum Gasteiger partial charge on any atom is 0.0644 e. The molecule has 1 heterocycles. The lowest BCUT2D eigenvalue weighted by Crippen LogP contribution is -2.42. The van der Waals surface area contributed by atoms with Gasteiger partial charge in [0.1, 0.15) is 0 Å². The Kier molecular flexibility index (Phi) is 3.61. The number of halogens is 1. The molecule has 4 heteroatoms. The first kappa shape index (κ1) is 12.7. The van der Waals surface area contributed by atoms with Gasteiger partial charge in [-0.05, 0) is 31.9 Å². The molecular weight excluding hydrogens is 236 g/mol. The van der Waals surface area contributed by atoms with Gasteiger partial charge in [0, 0.05) is 35.9 Å². The molecule has 0 unspecified atom stereocenters. The number of hydrogen-bond acceptors (Lipinski definition) is 3. The minimum absolute atomic E-state index is 0.511. The van der Waals surface area contributed by atoms with Crippen LogP contribution in [0.4, 0.5) is 5.69 Å². The van der Waals surface area contributed by atoms with Crippen molar-refractivity contribution in [2.75, 3.05) is 18.8 Å². The van der Waals surface area contributed by atoms with Crippen LogP contribution in [0.1, 0.15) is 25.3 Å². The number of aliphatic hydroxyl groups is 1. The molecule has 0 amide bonds. The molecule has 3 nitrogen and oxygen atoms in total. The number of rotatable bonds is 2. The van der Waals surface area contributed by atoms with Gasteiger partial charge in [0.2, 0.25) is 0 Å². The van der Waals surface area contributed by atoms with E-state index in [1.165, 1.54) is 0 Å². The summed E-state index contributed by atoms with van der Waals surface area (Å²) in [6, 6.07) is 5.61. The van der Waals surface area contributed by atoms with Crippen molar-refractivity contribution in [2.24, 2.45) is 0 Å². The maximum absolute atomic E-state index is 9.89. The Morgan fingerprint density at radius 2 is 2.06 bits per heavy atom. The molecular formula is C13H19ClN2O.